The maximum absolute atomic E-state index is 10.7. The summed E-state index contributed by atoms with van der Waals surface area (Å²) in [5.41, 5.74) is 0. The van der Waals surface area contributed by atoms with Gasteiger partial charge in [-0.2, -0.15) is 0 Å². The predicted octanol–water partition coefficient (Wildman–Crippen LogP) is -1.00. The van der Waals surface area contributed by atoms with E-state index in [0.717, 1.165) is 12.2 Å². The summed E-state index contributed by atoms with van der Waals surface area (Å²) in [5.74, 6) is -2.34. The van der Waals surface area contributed by atoms with Crippen molar-refractivity contribution in [3.63, 3.8) is 0 Å². The van der Waals surface area contributed by atoms with Gasteiger partial charge in [-0.3, -0.25) is 19.3 Å². The second kappa shape index (κ2) is 2.53. The molecule has 0 aromatic rings. The van der Waals surface area contributed by atoms with Gasteiger partial charge in [0.25, 0.3) is 11.8 Å². The van der Waals surface area contributed by atoms with Crippen molar-refractivity contribution in [1.29, 1.82) is 0 Å². The number of rotatable bonds is 2. The highest BCUT2D eigenvalue weighted by Gasteiger charge is 2.24. The van der Waals surface area contributed by atoms with Crippen LogP contribution in [0.1, 0.15) is 0 Å². The van der Waals surface area contributed by atoms with Crippen molar-refractivity contribution in [2.24, 2.45) is 0 Å². The van der Waals surface area contributed by atoms with Crippen LogP contribution in [-0.2, 0) is 14.4 Å². The average molecular weight is 155 g/mol. The molecule has 0 aromatic heterocycles. The van der Waals surface area contributed by atoms with Gasteiger partial charge < -0.3 is 5.11 Å². The summed E-state index contributed by atoms with van der Waals surface area (Å²) < 4.78 is 0. The first-order valence-corrected chi connectivity index (χ1v) is 2.86. The van der Waals surface area contributed by atoms with E-state index in [9.17, 15) is 14.4 Å². The molecule has 11 heavy (non-hydrogen) atoms. The van der Waals surface area contributed by atoms with Crippen LogP contribution in [0, 0.1) is 0 Å². The molecule has 0 aliphatic carbocycles. The van der Waals surface area contributed by atoms with Gasteiger partial charge in [0, 0.05) is 12.2 Å². The van der Waals surface area contributed by atoms with Crippen LogP contribution >= 0.6 is 0 Å². The van der Waals surface area contributed by atoms with Crippen molar-refractivity contribution in [1.82, 2.24) is 4.90 Å². The van der Waals surface area contributed by atoms with Crippen LogP contribution in [0.25, 0.3) is 0 Å². The Morgan fingerprint density at radius 1 is 1.36 bits per heavy atom. The van der Waals surface area contributed by atoms with Crippen molar-refractivity contribution in [2.75, 3.05) is 6.54 Å². The molecule has 0 spiro atoms. The molecule has 1 heterocycles. The van der Waals surface area contributed by atoms with Gasteiger partial charge in [0.05, 0.1) is 0 Å². The Kier molecular flexibility index (Phi) is 1.72. The number of carbonyl (C=O) groups is 3. The van der Waals surface area contributed by atoms with E-state index in [1.807, 2.05) is 0 Å². The molecule has 1 aliphatic rings. The maximum atomic E-state index is 10.7. The molecule has 0 saturated carbocycles. The molecule has 1 N–H and O–H groups in total. The Labute approximate surface area is 61.9 Å². The fraction of sp³-hybridized carbons (Fsp3) is 0.167. The normalized spacial score (nSPS) is 16.2. The van der Waals surface area contributed by atoms with E-state index in [1.54, 1.807) is 0 Å². The number of aliphatic carboxylic acids is 1. The molecule has 5 nitrogen and oxygen atoms in total. The summed E-state index contributed by atoms with van der Waals surface area (Å²) in [6.07, 6.45) is 2.09. The van der Waals surface area contributed by atoms with Gasteiger partial charge in [0.15, 0.2) is 0 Å². The fourth-order valence-electron chi connectivity index (χ4n) is 0.722. The van der Waals surface area contributed by atoms with Gasteiger partial charge in [-0.1, -0.05) is 0 Å². The first-order valence-electron chi connectivity index (χ1n) is 2.86. The Morgan fingerprint density at radius 3 is 2.18 bits per heavy atom. The van der Waals surface area contributed by atoms with Crippen LogP contribution in [-0.4, -0.2) is 34.3 Å². The predicted molar refractivity (Wildman–Crippen MR) is 33.5 cm³/mol. The number of amides is 2. The molecule has 0 aromatic carbocycles. The van der Waals surface area contributed by atoms with E-state index in [2.05, 4.69) is 0 Å². The molecule has 0 radical (unpaired) electrons. The largest absolute Gasteiger partial charge is 0.480 e. The van der Waals surface area contributed by atoms with Crippen molar-refractivity contribution in [3.05, 3.63) is 12.2 Å². The van der Waals surface area contributed by atoms with Crippen molar-refractivity contribution < 1.29 is 19.5 Å². The molecule has 0 bridgehead atoms. The van der Waals surface area contributed by atoms with Gasteiger partial charge in [0.2, 0.25) is 0 Å². The lowest BCUT2D eigenvalue weighted by Crippen LogP contribution is -2.34. The van der Waals surface area contributed by atoms with Crippen molar-refractivity contribution >= 4 is 17.8 Å². The molecule has 0 unspecified atom stereocenters. The quantitative estimate of drug-likeness (QED) is 0.519. The van der Waals surface area contributed by atoms with Crippen molar-refractivity contribution in [2.45, 2.75) is 0 Å². The molecular formula is C6H5NO4. The number of carboxylic acids is 1. The highest BCUT2D eigenvalue weighted by atomic mass is 16.4. The van der Waals surface area contributed by atoms with Gasteiger partial charge >= 0.3 is 5.97 Å². The maximum Gasteiger partial charge on any atom is 0.323 e. The zero-order chi connectivity index (χ0) is 8.43. The third-order valence-corrected chi connectivity index (χ3v) is 1.19. The first kappa shape index (κ1) is 7.46. The summed E-state index contributed by atoms with van der Waals surface area (Å²) in [6, 6.07) is 0. The molecule has 0 fully saturated rings. The molecule has 1 aliphatic heterocycles. The zero-order valence-corrected chi connectivity index (χ0v) is 5.48. The lowest BCUT2D eigenvalue weighted by atomic mass is 10.5. The number of hydrogen-bond acceptors (Lipinski definition) is 3. The van der Waals surface area contributed by atoms with E-state index in [4.69, 9.17) is 5.11 Å². The number of nitrogens with zero attached hydrogens (tertiary/aromatic N) is 1. The molecule has 0 atom stereocenters. The summed E-state index contributed by atoms with van der Waals surface area (Å²) in [6.45, 7) is -0.565. The van der Waals surface area contributed by atoms with Gasteiger partial charge in [0.1, 0.15) is 6.54 Å². The Balaban J connectivity index is 2.66. The van der Waals surface area contributed by atoms with Gasteiger partial charge in [-0.15, -0.1) is 0 Å². The number of imide groups is 1. The van der Waals surface area contributed by atoms with Gasteiger partial charge in [-0.05, 0) is 0 Å². The van der Waals surface area contributed by atoms with E-state index >= 15 is 0 Å². The van der Waals surface area contributed by atoms with Crippen LogP contribution in [0.5, 0.6) is 0 Å². The second-order valence-electron chi connectivity index (χ2n) is 1.99. The lowest BCUT2D eigenvalue weighted by molar-refractivity contribution is -0.147. The molecule has 5 heteroatoms. The van der Waals surface area contributed by atoms with E-state index in [1.165, 1.54) is 0 Å². The Morgan fingerprint density at radius 2 is 1.82 bits per heavy atom. The van der Waals surface area contributed by atoms with Crippen LogP contribution < -0.4 is 0 Å². The van der Waals surface area contributed by atoms with E-state index in [-0.39, 0.29) is 0 Å². The molecular weight excluding hydrogens is 150 g/mol. The fourth-order valence-corrected chi connectivity index (χ4v) is 0.722. The van der Waals surface area contributed by atoms with Gasteiger partial charge in [-0.25, -0.2) is 0 Å². The number of carboxylic acid groups (broad SMARTS) is 1. The minimum Gasteiger partial charge on any atom is -0.480 e. The third kappa shape index (κ3) is 1.43. The average Bonchev–Trinajstić information content (AvgIpc) is 2.18. The van der Waals surface area contributed by atoms with Crippen molar-refractivity contribution in [3.8, 4) is 0 Å². The summed E-state index contributed by atoms with van der Waals surface area (Å²) in [7, 11) is 0. The topological polar surface area (TPSA) is 74.7 Å². The minimum atomic E-state index is -1.20. The van der Waals surface area contributed by atoms with Crippen LogP contribution in [0.3, 0.4) is 0 Å². The van der Waals surface area contributed by atoms with Crippen LogP contribution in [0.15, 0.2) is 12.2 Å². The zero-order valence-electron chi connectivity index (χ0n) is 5.48. The highest BCUT2D eigenvalue weighted by molar-refractivity contribution is 6.14. The third-order valence-electron chi connectivity index (χ3n) is 1.19. The smallest absolute Gasteiger partial charge is 0.323 e. The summed E-state index contributed by atoms with van der Waals surface area (Å²) >= 11 is 0. The second-order valence-corrected chi connectivity index (χ2v) is 1.99. The van der Waals surface area contributed by atoms with E-state index < -0.39 is 24.3 Å². The highest BCUT2D eigenvalue weighted by Crippen LogP contribution is 2.01. The van der Waals surface area contributed by atoms with Crippen LogP contribution in [0.4, 0.5) is 0 Å². The number of hydrogen-bond donors (Lipinski definition) is 1. The Hall–Kier alpha value is -1.65. The summed E-state index contributed by atoms with van der Waals surface area (Å²) in [5, 5.41) is 8.24. The summed E-state index contributed by atoms with van der Waals surface area (Å²) in [4.78, 5) is 32.1. The molecule has 0 saturated heterocycles. The number of carbonyl (C=O) groups excluding carboxylic acids is 2. The SMILES string of the molecule is O=C(O)CN1C(=O)C=CC1=O. The Bertz CT molecular complexity index is 237. The lowest BCUT2D eigenvalue weighted by Gasteiger charge is -2.08. The van der Waals surface area contributed by atoms with Crippen LogP contribution in [0.2, 0.25) is 0 Å². The minimum absolute atomic E-state index is 0.565. The van der Waals surface area contributed by atoms with E-state index in [0.29, 0.717) is 4.90 Å². The monoisotopic (exact) mass is 155 g/mol. The molecule has 2 amide bonds. The first-order chi connectivity index (χ1) is 5.11. The molecule has 1 rings (SSSR count). The standard InChI is InChI=1S/C6H5NO4/c8-4-1-2-5(9)7(4)3-6(10)11/h1-2H,3H2,(H,10,11). The molecule has 58 valence electrons.